The molecular formula is C12H16N4OS. The van der Waals surface area contributed by atoms with Gasteiger partial charge >= 0.3 is 0 Å². The summed E-state index contributed by atoms with van der Waals surface area (Å²) in [7, 11) is 0. The molecule has 2 aromatic rings. The molecule has 0 aliphatic heterocycles. The molecular weight excluding hydrogens is 248 g/mol. The molecule has 6 heteroatoms. The predicted molar refractivity (Wildman–Crippen MR) is 72.6 cm³/mol. The van der Waals surface area contributed by atoms with Crippen molar-refractivity contribution in [2.45, 2.75) is 26.8 Å². The van der Waals surface area contributed by atoms with E-state index in [1.165, 1.54) is 4.88 Å². The lowest BCUT2D eigenvalue weighted by molar-refractivity contribution is 0.0947. The van der Waals surface area contributed by atoms with Gasteiger partial charge in [0.25, 0.3) is 5.91 Å². The van der Waals surface area contributed by atoms with Gasteiger partial charge in [-0.05, 0) is 25.5 Å². The molecule has 0 spiro atoms. The van der Waals surface area contributed by atoms with Crippen molar-refractivity contribution >= 4 is 22.9 Å². The average Bonchev–Trinajstić information content (AvgIpc) is 2.92. The summed E-state index contributed by atoms with van der Waals surface area (Å²) in [5, 5.41) is 9.53. The fraction of sp³-hybridized carbons (Fsp3) is 0.333. The Bertz CT molecular complexity index is 558. The van der Waals surface area contributed by atoms with Crippen molar-refractivity contribution in [2.75, 3.05) is 5.73 Å². The van der Waals surface area contributed by atoms with Crippen LogP contribution in [0.15, 0.2) is 12.1 Å². The Kier molecular flexibility index (Phi) is 3.66. The van der Waals surface area contributed by atoms with E-state index in [0.29, 0.717) is 12.2 Å². The van der Waals surface area contributed by atoms with Gasteiger partial charge in [-0.15, -0.1) is 11.3 Å². The fourth-order valence-corrected chi connectivity index (χ4v) is 2.49. The van der Waals surface area contributed by atoms with Crippen molar-refractivity contribution in [3.05, 3.63) is 33.3 Å². The summed E-state index contributed by atoms with van der Waals surface area (Å²) in [6.45, 7) is 4.50. The minimum atomic E-state index is -0.241. The Morgan fingerprint density at radius 2 is 2.33 bits per heavy atom. The molecule has 1 amide bonds. The zero-order valence-electron chi connectivity index (χ0n) is 10.4. The number of carbonyl (C=O) groups is 1. The molecule has 2 heterocycles. The fourth-order valence-electron chi connectivity index (χ4n) is 1.66. The first kappa shape index (κ1) is 12.6. The second-order valence-corrected chi connectivity index (χ2v) is 5.39. The highest BCUT2D eigenvalue weighted by Gasteiger charge is 2.16. The highest BCUT2D eigenvalue weighted by molar-refractivity contribution is 7.11. The van der Waals surface area contributed by atoms with Crippen molar-refractivity contribution in [3.8, 4) is 0 Å². The van der Waals surface area contributed by atoms with E-state index in [1.807, 2.05) is 26.0 Å². The lowest BCUT2D eigenvalue weighted by Gasteiger charge is -2.01. The zero-order chi connectivity index (χ0) is 13.1. The molecule has 18 heavy (non-hydrogen) atoms. The third-order valence-electron chi connectivity index (χ3n) is 2.67. The van der Waals surface area contributed by atoms with Gasteiger partial charge in [0.2, 0.25) is 0 Å². The topological polar surface area (TPSA) is 83.8 Å². The largest absolute Gasteiger partial charge is 0.395 e. The van der Waals surface area contributed by atoms with Crippen LogP contribution in [-0.2, 0) is 13.0 Å². The van der Waals surface area contributed by atoms with Crippen LogP contribution in [0.1, 0.15) is 32.9 Å². The van der Waals surface area contributed by atoms with Gasteiger partial charge < -0.3 is 11.1 Å². The molecule has 0 unspecified atom stereocenters. The van der Waals surface area contributed by atoms with Crippen LogP contribution in [0.25, 0.3) is 0 Å². The van der Waals surface area contributed by atoms with Crippen LogP contribution in [0, 0.1) is 6.92 Å². The van der Waals surface area contributed by atoms with Crippen LogP contribution < -0.4 is 11.1 Å². The number of nitrogens with zero attached hydrogens (tertiary/aromatic N) is 1. The molecule has 0 saturated carbocycles. The summed E-state index contributed by atoms with van der Waals surface area (Å²) in [6.07, 6.45) is 0.732. The number of rotatable bonds is 4. The normalized spacial score (nSPS) is 10.6. The number of aryl methyl sites for hydroxylation is 2. The van der Waals surface area contributed by atoms with Crippen molar-refractivity contribution in [2.24, 2.45) is 0 Å². The van der Waals surface area contributed by atoms with Gasteiger partial charge in [-0.3, -0.25) is 9.89 Å². The summed E-state index contributed by atoms with van der Waals surface area (Å²) >= 11 is 1.66. The van der Waals surface area contributed by atoms with E-state index in [4.69, 9.17) is 5.73 Å². The number of aromatic nitrogens is 2. The monoisotopic (exact) mass is 264 g/mol. The molecule has 0 atom stereocenters. The molecule has 4 N–H and O–H groups in total. The van der Waals surface area contributed by atoms with Gasteiger partial charge in [0.05, 0.1) is 17.9 Å². The maximum atomic E-state index is 11.9. The van der Waals surface area contributed by atoms with E-state index in [-0.39, 0.29) is 11.6 Å². The van der Waals surface area contributed by atoms with Crippen molar-refractivity contribution in [1.82, 2.24) is 15.5 Å². The summed E-state index contributed by atoms with van der Waals surface area (Å²) in [4.78, 5) is 14.3. The standard InChI is InChI=1S/C12H16N4OS/c1-3-9-10(13)11(16-15-9)12(17)14-6-8-5-4-7(2)18-8/h4-5H,3,6,13H2,1-2H3,(H,14,17)(H,15,16). The quantitative estimate of drug-likeness (QED) is 0.788. The van der Waals surface area contributed by atoms with Crippen LogP contribution in [-0.4, -0.2) is 16.1 Å². The van der Waals surface area contributed by atoms with E-state index in [9.17, 15) is 4.79 Å². The first-order valence-electron chi connectivity index (χ1n) is 5.78. The summed E-state index contributed by atoms with van der Waals surface area (Å²) in [6, 6.07) is 4.04. The smallest absolute Gasteiger partial charge is 0.274 e. The summed E-state index contributed by atoms with van der Waals surface area (Å²) in [5.41, 5.74) is 7.35. The lowest BCUT2D eigenvalue weighted by Crippen LogP contribution is -2.23. The molecule has 0 aliphatic carbocycles. The van der Waals surface area contributed by atoms with Gasteiger partial charge in [0.15, 0.2) is 5.69 Å². The summed E-state index contributed by atoms with van der Waals surface area (Å²) < 4.78 is 0. The number of amides is 1. The highest BCUT2D eigenvalue weighted by atomic mass is 32.1. The number of anilines is 1. The number of thiophene rings is 1. The van der Waals surface area contributed by atoms with Gasteiger partial charge in [0.1, 0.15) is 0 Å². The number of carbonyl (C=O) groups excluding carboxylic acids is 1. The average molecular weight is 264 g/mol. The number of aromatic amines is 1. The van der Waals surface area contributed by atoms with Gasteiger partial charge in [-0.1, -0.05) is 6.92 Å². The molecule has 96 valence electrons. The van der Waals surface area contributed by atoms with E-state index in [2.05, 4.69) is 15.5 Å². The minimum absolute atomic E-state index is 0.241. The molecule has 0 fully saturated rings. The van der Waals surface area contributed by atoms with Crippen LogP contribution >= 0.6 is 11.3 Å². The molecule has 0 saturated heterocycles. The van der Waals surface area contributed by atoms with Crippen LogP contribution in [0.4, 0.5) is 5.69 Å². The third kappa shape index (κ3) is 2.53. The van der Waals surface area contributed by atoms with Crippen molar-refractivity contribution in [1.29, 1.82) is 0 Å². The first-order valence-corrected chi connectivity index (χ1v) is 6.59. The summed E-state index contributed by atoms with van der Waals surface area (Å²) in [5.74, 6) is -0.241. The van der Waals surface area contributed by atoms with E-state index in [0.717, 1.165) is 17.0 Å². The SMILES string of the molecule is CCc1[nH]nc(C(=O)NCc2ccc(C)s2)c1N. The van der Waals surface area contributed by atoms with Gasteiger partial charge in [-0.25, -0.2) is 0 Å². The maximum Gasteiger partial charge on any atom is 0.274 e. The zero-order valence-corrected chi connectivity index (χ0v) is 11.2. The molecule has 0 radical (unpaired) electrons. The number of nitrogens with two attached hydrogens (primary N) is 1. The predicted octanol–water partition coefficient (Wildman–Crippen LogP) is 1.85. The van der Waals surface area contributed by atoms with Crippen molar-refractivity contribution < 1.29 is 4.79 Å². The molecule has 0 aromatic carbocycles. The molecule has 5 nitrogen and oxygen atoms in total. The lowest BCUT2D eigenvalue weighted by atomic mass is 10.2. The Morgan fingerprint density at radius 3 is 2.89 bits per heavy atom. The molecule has 0 bridgehead atoms. The Morgan fingerprint density at radius 1 is 1.56 bits per heavy atom. The van der Waals surface area contributed by atoms with Crippen LogP contribution in [0.5, 0.6) is 0 Å². The number of nitrogens with one attached hydrogen (secondary N) is 2. The second-order valence-electron chi connectivity index (χ2n) is 4.01. The first-order chi connectivity index (χ1) is 8.61. The van der Waals surface area contributed by atoms with E-state index >= 15 is 0 Å². The number of hydrogen-bond donors (Lipinski definition) is 3. The number of hydrogen-bond acceptors (Lipinski definition) is 4. The Balaban J connectivity index is 2.01. The van der Waals surface area contributed by atoms with Crippen LogP contribution in [0.3, 0.4) is 0 Å². The molecule has 0 aliphatic rings. The second kappa shape index (κ2) is 5.22. The Labute approximate surface area is 109 Å². The highest BCUT2D eigenvalue weighted by Crippen LogP contribution is 2.16. The Hall–Kier alpha value is -1.82. The third-order valence-corrected chi connectivity index (χ3v) is 3.67. The molecule has 2 aromatic heterocycles. The van der Waals surface area contributed by atoms with Crippen molar-refractivity contribution in [3.63, 3.8) is 0 Å². The minimum Gasteiger partial charge on any atom is -0.395 e. The van der Waals surface area contributed by atoms with Crippen LogP contribution in [0.2, 0.25) is 0 Å². The van der Waals surface area contributed by atoms with Gasteiger partial charge in [-0.2, -0.15) is 5.10 Å². The number of H-pyrrole nitrogens is 1. The van der Waals surface area contributed by atoms with E-state index in [1.54, 1.807) is 11.3 Å². The maximum absolute atomic E-state index is 11.9. The molecule has 2 rings (SSSR count). The number of nitrogen functional groups attached to an aromatic ring is 1. The van der Waals surface area contributed by atoms with Gasteiger partial charge in [0, 0.05) is 9.75 Å². The van der Waals surface area contributed by atoms with E-state index < -0.39 is 0 Å².